The van der Waals surface area contributed by atoms with E-state index in [-0.39, 0.29) is 5.56 Å². The highest BCUT2D eigenvalue weighted by Gasteiger charge is 2.17. The lowest BCUT2D eigenvalue weighted by atomic mass is 10.2. The molecular formula is C19H20ClN5OS. The number of aromatic nitrogens is 4. The van der Waals surface area contributed by atoms with Gasteiger partial charge in [-0.15, -0.1) is 21.5 Å². The Kier molecular flexibility index (Phi) is 4.99. The summed E-state index contributed by atoms with van der Waals surface area (Å²) in [5.74, 6) is 1.42. The Labute approximate surface area is 165 Å². The molecule has 0 saturated heterocycles. The number of benzene rings is 1. The van der Waals surface area contributed by atoms with E-state index in [0.717, 1.165) is 28.8 Å². The van der Waals surface area contributed by atoms with Crippen molar-refractivity contribution in [3.8, 4) is 0 Å². The second-order valence-corrected chi connectivity index (χ2v) is 8.13. The van der Waals surface area contributed by atoms with Gasteiger partial charge in [0.1, 0.15) is 0 Å². The number of nitrogens with zero attached hydrogens (tertiary/aromatic N) is 5. The third kappa shape index (κ3) is 3.26. The minimum Gasteiger partial charge on any atom is -0.291 e. The zero-order valence-corrected chi connectivity index (χ0v) is 16.8. The smallest absolute Gasteiger partial charge is 0.262 e. The number of thiophene rings is 1. The number of hydrogen-bond donors (Lipinski definition) is 0. The molecule has 0 N–H and O–H groups in total. The van der Waals surface area contributed by atoms with Crippen LogP contribution in [0.15, 0.2) is 41.2 Å². The summed E-state index contributed by atoms with van der Waals surface area (Å²) in [5.41, 5.74) is 0.817. The second kappa shape index (κ2) is 7.42. The van der Waals surface area contributed by atoms with Crippen molar-refractivity contribution in [3.05, 3.63) is 61.8 Å². The maximum atomic E-state index is 12.8. The zero-order valence-electron chi connectivity index (χ0n) is 15.2. The fraction of sp³-hybridized carbons (Fsp3) is 0.316. The second-order valence-electron chi connectivity index (χ2n) is 6.33. The maximum absolute atomic E-state index is 12.8. The number of rotatable bonds is 6. The number of fused-ring (bicyclic) bond motifs is 3. The van der Waals surface area contributed by atoms with Gasteiger partial charge in [0.2, 0.25) is 5.78 Å². The van der Waals surface area contributed by atoms with Crippen LogP contribution in [0.2, 0.25) is 4.34 Å². The van der Waals surface area contributed by atoms with Crippen molar-refractivity contribution in [3.63, 3.8) is 0 Å². The van der Waals surface area contributed by atoms with Crippen LogP contribution < -0.4 is 5.56 Å². The quantitative estimate of drug-likeness (QED) is 0.493. The minimum absolute atomic E-state index is 0.0277. The van der Waals surface area contributed by atoms with Gasteiger partial charge in [0.05, 0.1) is 21.8 Å². The number of para-hydroxylation sites is 1. The molecule has 3 aromatic heterocycles. The Balaban J connectivity index is 1.80. The molecule has 0 fully saturated rings. The van der Waals surface area contributed by atoms with E-state index >= 15 is 0 Å². The van der Waals surface area contributed by atoms with E-state index in [0.29, 0.717) is 24.3 Å². The van der Waals surface area contributed by atoms with E-state index in [4.69, 9.17) is 11.6 Å². The highest BCUT2D eigenvalue weighted by molar-refractivity contribution is 7.16. The molecule has 8 heteroatoms. The van der Waals surface area contributed by atoms with Crippen molar-refractivity contribution in [1.29, 1.82) is 0 Å². The van der Waals surface area contributed by atoms with Gasteiger partial charge < -0.3 is 0 Å². The summed E-state index contributed by atoms with van der Waals surface area (Å²) in [4.78, 5) is 16.3. The first-order valence-corrected chi connectivity index (χ1v) is 10.1. The molecular weight excluding hydrogens is 382 g/mol. The summed E-state index contributed by atoms with van der Waals surface area (Å²) in [6, 6.07) is 11.6. The lowest BCUT2D eigenvalue weighted by Crippen LogP contribution is -2.25. The minimum atomic E-state index is -0.0277. The van der Waals surface area contributed by atoms with Crippen LogP contribution in [0.1, 0.15) is 24.5 Å². The molecule has 0 unspecified atom stereocenters. The van der Waals surface area contributed by atoms with Crippen LogP contribution in [0.3, 0.4) is 0 Å². The first-order chi connectivity index (χ1) is 13.1. The Bertz CT molecular complexity index is 1160. The monoisotopic (exact) mass is 401 g/mol. The number of halogens is 1. The van der Waals surface area contributed by atoms with Gasteiger partial charge in [-0.2, -0.15) is 0 Å². The van der Waals surface area contributed by atoms with Crippen molar-refractivity contribution in [2.45, 2.75) is 33.5 Å². The van der Waals surface area contributed by atoms with Crippen LogP contribution in [0.5, 0.6) is 0 Å². The van der Waals surface area contributed by atoms with Crippen molar-refractivity contribution >= 4 is 39.6 Å². The molecule has 0 bridgehead atoms. The molecule has 0 spiro atoms. The maximum Gasteiger partial charge on any atom is 0.262 e. The SMILES string of the molecule is CCN(Cc1ccc(Cl)s1)Cc1nnc2n(CC)c(=O)c3ccccc3n12. The van der Waals surface area contributed by atoms with Gasteiger partial charge in [0, 0.05) is 18.0 Å². The van der Waals surface area contributed by atoms with Gasteiger partial charge in [0.15, 0.2) is 5.82 Å². The van der Waals surface area contributed by atoms with Gasteiger partial charge in [-0.25, -0.2) is 0 Å². The normalized spacial score (nSPS) is 11.9. The van der Waals surface area contributed by atoms with Crippen molar-refractivity contribution < 1.29 is 0 Å². The van der Waals surface area contributed by atoms with Crippen LogP contribution in [-0.2, 0) is 19.6 Å². The molecule has 140 valence electrons. The highest BCUT2D eigenvalue weighted by Crippen LogP contribution is 2.23. The van der Waals surface area contributed by atoms with E-state index in [1.807, 2.05) is 41.7 Å². The molecule has 4 aromatic rings. The molecule has 0 aliphatic carbocycles. The van der Waals surface area contributed by atoms with Crippen LogP contribution in [0.25, 0.3) is 16.7 Å². The third-order valence-corrected chi connectivity index (χ3v) is 5.93. The molecule has 27 heavy (non-hydrogen) atoms. The molecule has 1 aromatic carbocycles. The molecule has 0 aliphatic rings. The standard InChI is InChI=1S/C19H20ClN5OS/c1-3-23(11-13-9-10-16(20)27-13)12-17-21-22-19-24(4-2)18(26)14-7-5-6-8-15(14)25(17)19/h5-10H,3-4,11-12H2,1-2H3. The molecule has 0 aliphatic heterocycles. The van der Waals surface area contributed by atoms with Gasteiger partial charge in [-0.1, -0.05) is 30.7 Å². The Hall–Kier alpha value is -2.22. The third-order valence-electron chi connectivity index (χ3n) is 4.71. The van der Waals surface area contributed by atoms with E-state index < -0.39 is 0 Å². The average Bonchev–Trinajstić information content (AvgIpc) is 3.28. The lowest BCUT2D eigenvalue weighted by Gasteiger charge is -2.19. The van der Waals surface area contributed by atoms with E-state index in [2.05, 4.69) is 28.1 Å². The van der Waals surface area contributed by atoms with Crippen molar-refractivity contribution in [1.82, 2.24) is 24.1 Å². The molecule has 6 nitrogen and oxygen atoms in total. The summed E-state index contributed by atoms with van der Waals surface area (Å²) >= 11 is 7.66. The van der Waals surface area contributed by atoms with E-state index in [1.165, 1.54) is 4.88 Å². The van der Waals surface area contributed by atoms with Crippen molar-refractivity contribution in [2.75, 3.05) is 6.54 Å². The van der Waals surface area contributed by atoms with E-state index in [9.17, 15) is 4.79 Å². The van der Waals surface area contributed by atoms with Crippen LogP contribution >= 0.6 is 22.9 Å². The summed E-state index contributed by atoms with van der Waals surface area (Å²) in [7, 11) is 0. The Morgan fingerprint density at radius 3 is 2.63 bits per heavy atom. The molecule has 0 atom stereocenters. The van der Waals surface area contributed by atoms with E-state index in [1.54, 1.807) is 15.9 Å². The predicted octanol–water partition coefficient (Wildman–Crippen LogP) is 3.80. The highest BCUT2D eigenvalue weighted by atomic mass is 35.5. The lowest BCUT2D eigenvalue weighted by molar-refractivity contribution is 0.266. The van der Waals surface area contributed by atoms with Crippen LogP contribution in [0, 0.1) is 0 Å². The topological polar surface area (TPSA) is 55.4 Å². The predicted molar refractivity (Wildman–Crippen MR) is 110 cm³/mol. The average molecular weight is 402 g/mol. The fourth-order valence-corrected chi connectivity index (χ4v) is 4.47. The largest absolute Gasteiger partial charge is 0.291 e. The Morgan fingerprint density at radius 1 is 1.11 bits per heavy atom. The summed E-state index contributed by atoms with van der Waals surface area (Å²) < 4.78 is 4.48. The van der Waals surface area contributed by atoms with Crippen LogP contribution in [-0.4, -0.2) is 30.6 Å². The first-order valence-electron chi connectivity index (χ1n) is 8.94. The first kappa shape index (κ1) is 18.2. The fourth-order valence-electron chi connectivity index (χ4n) is 3.34. The molecule has 0 saturated carbocycles. The molecule has 0 radical (unpaired) electrons. The zero-order chi connectivity index (χ0) is 19.0. The Morgan fingerprint density at radius 2 is 1.93 bits per heavy atom. The molecule has 3 heterocycles. The van der Waals surface area contributed by atoms with Crippen LogP contribution in [0.4, 0.5) is 0 Å². The summed E-state index contributed by atoms with van der Waals surface area (Å²) in [6.45, 7) is 6.93. The molecule has 4 rings (SSSR count). The van der Waals surface area contributed by atoms with Crippen molar-refractivity contribution in [2.24, 2.45) is 0 Å². The number of hydrogen-bond acceptors (Lipinski definition) is 5. The summed E-state index contributed by atoms with van der Waals surface area (Å²) in [6.07, 6.45) is 0. The van der Waals surface area contributed by atoms with Gasteiger partial charge in [0.25, 0.3) is 5.56 Å². The van der Waals surface area contributed by atoms with Gasteiger partial charge >= 0.3 is 0 Å². The van der Waals surface area contributed by atoms with Gasteiger partial charge in [-0.05, 0) is 37.7 Å². The molecule has 0 amide bonds. The number of aryl methyl sites for hydroxylation is 1. The summed E-state index contributed by atoms with van der Waals surface area (Å²) in [5, 5.41) is 9.43. The van der Waals surface area contributed by atoms with Gasteiger partial charge in [-0.3, -0.25) is 18.7 Å².